The summed E-state index contributed by atoms with van der Waals surface area (Å²) in [5.74, 6) is -2.39. The molecule has 0 saturated carbocycles. The van der Waals surface area contributed by atoms with Crippen LogP contribution in [0.2, 0.25) is 0 Å². The average Bonchev–Trinajstić information content (AvgIpc) is 3.58. The lowest BCUT2D eigenvalue weighted by Gasteiger charge is -2.14. The number of carbonyl (C=O) groups is 1. The van der Waals surface area contributed by atoms with Crippen molar-refractivity contribution >= 4 is 22.3 Å². The number of ether oxygens (including phenoxy) is 2. The highest BCUT2D eigenvalue weighted by Crippen LogP contribution is 2.29. The maximum Gasteiger partial charge on any atom is 0.264 e. The number of rotatable bonds is 10. The van der Waals surface area contributed by atoms with Crippen LogP contribution in [-0.2, 0) is 18.0 Å². The van der Waals surface area contributed by atoms with Crippen LogP contribution in [0.1, 0.15) is 35.2 Å². The molecule has 0 radical (unpaired) electrons. The van der Waals surface area contributed by atoms with Crippen LogP contribution in [0.4, 0.5) is 8.78 Å². The molecule has 4 heterocycles. The number of amides is 1. The average molecular weight is 524 g/mol. The van der Waals surface area contributed by atoms with E-state index in [0.29, 0.717) is 39.9 Å². The van der Waals surface area contributed by atoms with Gasteiger partial charge in [-0.1, -0.05) is 30.3 Å². The van der Waals surface area contributed by atoms with E-state index < -0.39 is 18.4 Å². The SMILES string of the molecule is CCC(F)(F)CNC(=O)c1ccc(COc2nn3c(-c4cc(COC)on4)nnc3c3ccccc23)nc1. The number of alkyl halides is 2. The van der Waals surface area contributed by atoms with Gasteiger partial charge in [-0.25, -0.2) is 8.78 Å². The summed E-state index contributed by atoms with van der Waals surface area (Å²) in [4.78, 5) is 16.4. The zero-order chi connectivity index (χ0) is 26.7. The molecular weight excluding hydrogens is 500 g/mol. The predicted octanol–water partition coefficient (Wildman–Crippen LogP) is 3.83. The van der Waals surface area contributed by atoms with Crippen molar-refractivity contribution in [2.24, 2.45) is 0 Å². The van der Waals surface area contributed by atoms with E-state index in [2.05, 4.69) is 30.8 Å². The van der Waals surface area contributed by atoms with Crippen molar-refractivity contribution in [1.82, 2.24) is 35.3 Å². The molecule has 0 spiro atoms. The van der Waals surface area contributed by atoms with Crippen molar-refractivity contribution in [3.63, 3.8) is 0 Å². The molecule has 0 bridgehead atoms. The highest BCUT2D eigenvalue weighted by molar-refractivity contribution is 5.97. The Kier molecular flexibility index (Phi) is 6.92. The minimum Gasteiger partial charge on any atom is -0.470 e. The van der Waals surface area contributed by atoms with Crippen LogP contribution in [0.5, 0.6) is 5.88 Å². The first-order chi connectivity index (χ1) is 18.4. The second kappa shape index (κ2) is 10.5. The van der Waals surface area contributed by atoms with E-state index in [4.69, 9.17) is 14.0 Å². The van der Waals surface area contributed by atoms with E-state index >= 15 is 0 Å². The number of aromatic nitrogens is 6. The number of hydrogen-bond acceptors (Lipinski definition) is 9. The highest BCUT2D eigenvalue weighted by Gasteiger charge is 2.27. The summed E-state index contributed by atoms with van der Waals surface area (Å²) >= 11 is 0. The van der Waals surface area contributed by atoms with Crippen LogP contribution in [0.15, 0.2) is 53.2 Å². The van der Waals surface area contributed by atoms with Crippen LogP contribution in [-0.4, -0.2) is 55.4 Å². The highest BCUT2D eigenvalue weighted by atomic mass is 19.3. The third-order valence-corrected chi connectivity index (χ3v) is 5.77. The Morgan fingerprint density at radius 2 is 1.95 bits per heavy atom. The largest absolute Gasteiger partial charge is 0.470 e. The summed E-state index contributed by atoms with van der Waals surface area (Å²) in [5, 5.41) is 20.9. The monoisotopic (exact) mass is 523 g/mol. The maximum atomic E-state index is 13.4. The number of carbonyl (C=O) groups excluding carboxylic acids is 1. The Morgan fingerprint density at radius 1 is 1.13 bits per heavy atom. The van der Waals surface area contributed by atoms with Crippen LogP contribution in [0.3, 0.4) is 0 Å². The molecule has 13 heteroatoms. The fourth-order valence-corrected chi connectivity index (χ4v) is 3.67. The van der Waals surface area contributed by atoms with Gasteiger partial charge in [-0.15, -0.1) is 15.3 Å². The Labute approximate surface area is 214 Å². The molecule has 196 valence electrons. The van der Waals surface area contributed by atoms with Crippen LogP contribution >= 0.6 is 0 Å². The number of nitrogens with zero attached hydrogens (tertiary/aromatic N) is 6. The minimum absolute atomic E-state index is 0.0394. The molecule has 11 nitrogen and oxygen atoms in total. The van der Waals surface area contributed by atoms with Crippen molar-refractivity contribution in [2.75, 3.05) is 13.7 Å². The molecular formula is C25H23F2N7O4. The first-order valence-corrected chi connectivity index (χ1v) is 11.7. The molecule has 0 saturated heterocycles. The summed E-state index contributed by atoms with van der Waals surface area (Å²) in [7, 11) is 1.55. The number of nitrogens with one attached hydrogen (secondary N) is 1. The van der Waals surface area contributed by atoms with E-state index in [1.54, 1.807) is 19.2 Å². The fourth-order valence-electron chi connectivity index (χ4n) is 3.67. The van der Waals surface area contributed by atoms with Gasteiger partial charge in [0.25, 0.3) is 11.8 Å². The van der Waals surface area contributed by atoms with Crippen molar-refractivity contribution in [2.45, 2.75) is 32.5 Å². The third kappa shape index (κ3) is 5.13. The zero-order valence-corrected chi connectivity index (χ0v) is 20.5. The zero-order valence-electron chi connectivity index (χ0n) is 20.5. The summed E-state index contributed by atoms with van der Waals surface area (Å²) in [5.41, 5.74) is 1.63. The molecule has 0 aliphatic heterocycles. The van der Waals surface area contributed by atoms with E-state index in [1.165, 1.54) is 23.7 Å². The van der Waals surface area contributed by atoms with Crippen LogP contribution in [0.25, 0.3) is 27.9 Å². The lowest BCUT2D eigenvalue weighted by molar-refractivity contribution is -0.00102. The van der Waals surface area contributed by atoms with Crippen molar-refractivity contribution in [1.29, 1.82) is 0 Å². The molecule has 1 aromatic carbocycles. The molecule has 0 aliphatic rings. The summed E-state index contributed by atoms with van der Waals surface area (Å²) in [6, 6.07) is 12.2. The first kappa shape index (κ1) is 25.1. The summed E-state index contributed by atoms with van der Waals surface area (Å²) in [6.45, 7) is 0.919. The number of methoxy groups -OCH3 is 1. The van der Waals surface area contributed by atoms with Gasteiger partial charge in [0.2, 0.25) is 11.7 Å². The van der Waals surface area contributed by atoms with Gasteiger partial charge in [-0.05, 0) is 18.2 Å². The van der Waals surface area contributed by atoms with E-state index in [1.807, 2.05) is 24.3 Å². The number of fused-ring (bicyclic) bond motifs is 3. The lowest BCUT2D eigenvalue weighted by atomic mass is 10.2. The van der Waals surface area contributed by atoms with Gasteiger partial charge in [0.1, 0.15) is 13.2 Å². The van der Waals surface area contributed by atoms with Crippen molar-refractivity contribution in [3.05, 3.63) is 65.7 Å². The van der Waals surface area contributed by atoms with Gasteiger partial charge < -0.3 is 19.3 Å². The number of hydrogen-bond donors (Lipinski definition) is 1. The smallest absolute Gasteiger partial charge is 0.264 e. The van der Waals surface area contributed by atoms with Gasteiger partial charge in [0.15, 0.2) is 17.1 Å². The van der Waals surface area contributed by atoms with E-state index in [9.17, 15) is 13.6 Å². The molecule has 0 unspecified atom stereocenters. The summed E-state index contributed by atoms with van der Waals surface area (Å²) < 4.78 is 44.7. The van der Waals surface area contributed by atoms with Crippen molar-refractivity contribution < 1.29 is 27.6 Å². The Morgan fingerprint density at radius 3 is 2.68 bits per heavy atom. The molecule has 4 aromatic heterocycles. The Bertz CT molecular complexity index is 1580. The van der Waals surface area contributed by atoms with Gasteiger partial charge in [0.05, 0.1) is 17.8 Å². The lowest BCUT2D eigenvalue weighted by Crippen LogP contribution is -2.36. The molecule has 1 amide bonds. The Hall–Kier alpha value is -4.52. The topological polar surface area (TPSA) is 130 Å². The third-order valence-electron chi connectivity index (χ3n) is 5.77. The normalized spacial score (nSPS) is 11.8. The summed E-state index contributed by atoms with van der Waals surface area (Å²) in [6.07, 6.45) is 0.952. The van der Waals surface area contributed by atoms with Gasteiger partial charge in [0, 0.05) is 36.6 Å². The predicted molar refractivity (Wildman–Crippen MR) is 131 cm³/mol. The number of halogens is 2. The minimum atomic E-state index is -2.96. The fraction of sp³-hybridized carbons (Fsp3) is 0.280. The van der Waals surface area contributed by atoms with Gasteiger partial charge in [-0.2, -0.15) is 4.52 Å². The molecule has 0 atom stereocenters. The second-order valence-electron chi connectivity index (χ2n) is 8.44. The number of benzene rings is 1. The van der Waals surface area contributed by atoms with Crippen molar-refractivity contribution in [3.8, 4) is 17.4 Å². The van der Waals surface area contributed by atoms with Crippen LogP contribution < -0.4 is 10.1 Å². The van der Waals surface area contributed by atoms with E-state index in [0.717, 1.165) is 5.39 Å². The van der Waals surface area contributed by atoms with Gasteiger partial charge in [-0.3, -0.25) is 9.78 Å². The standard InChI is InChI=1S/C25H23F2N7O4/c1-3-25(26,27)14-29-23(35)15-8-9-16(28-11-15)12-37-24-19-7-5-4-6-18(19)21-30-31-22(34(21)32-24)20-10-17(13-36-2)38-33-20/h4-11H,3,12-14H2,1-2H3,(H,29,35). The maximum absolute atomic E-state index is 13.4. The van der Waals surface area contributed by atoms with Crippen LogP contribution in [0, 0.1) is 0 Å². The quantitative estimate of drug-likeness (QED) is 0.290. The molecule has 0 fully saturated rings. The van der Waals surface area contributed by atoms with Gasteiger partial charge >= 0.3 is 0 Å². The number of pyridine rings is 1. The molecule has 1 N–H and O–H groups in total. The second-order valence-corrected chi connectivity index (χ2v) is 8.44. The molecule has 38 heavy (non-hydrogen) atoms. The Balaban J connectivity index is 1.38. The molecule has 5 rings (SSSR count). The molecule has 0 aliphatic carbocycles. The van der Waals surface area contributed by atoms with E-state index in [-0.39, 0.29) is 25.2 Å². The first-order valence-electron chi connectivity index (χ1n) is 11.7. The molecule has 5 aromatic rings.